The lowest BCUT2D eigenvalue weighted by Crippen LogP contribution is -2.46. The Hall–Kier alpha value is 0.1000. The van der Waals surface area contributed by atoms with Crippen LogP contribution in [0.4, 0.5) is 0 Å². The summed E-state index contributed by atoms with van der Waals surface area (Å²) in [7, 11) is 0. The Morgan fingerprint density at radius 2 is 2.27 bits per heavy atom. The number of thiophene rings is 1. The summed E-state index contributed by atoms with van der Waals surface area (Å²) in [5.41, 5.74) is 1.62. The summed E-state index contributed by atoms with van der Waals surface area (Å²) in [4.78, 5) is 0. The third kappa shape index (κ3) is 3.28. The van der Waals surface area contributed by atoms with E-state index in [9.17, 15) is 0 Å². The number of hydrogen-bond acceptors (Lipinski definition) is 3. The fourth-order valence-electron chi connectivity index (χ4n) is 1.75. The van der Waals surface area contributed by atoms with E-state index in [1.807, 2.05) is 0 Å². The molecule has 0 saturated carbocycles. The van der Waals surface area contributed by atoms with Gasteiger partial charge in [0, 0.05) is 25.3 Å². The average molecular weight is 290 g/mol. The van der Waals surface area contributed by atoms with Crippen molar-refractivity contribution >= 4 is 27.3 Å². The molecule has 1 aromatic rings. The summed E-state index contributed by atoms with van der Waals surface area (Å²) in [6, 6.07) is 2.18. The van der Waals surface area contributed by atoms with Crippen molar-refractivity contribution in [1.29, 1.82) is 0 Å². The fourth-order valence-corrected chi connectivity index (χ4v) is 2.96. The molecular weight excluding hydrogens is 274 g/mol. The highest BCUT2D eigenvalue weighted by Crippen LogP contribution is 2.23. The molecule has 15 heavy (non-hydrogen) atoms. The molecule has 2 heterocycles. The molecule has 1 aliphatic rings. The van der Waals surface area contributed by atoms with E-state index in [1.54, 1.807) is 11.3 Å². The first kappa shape index (κ1) is 11.6. The molecule has 0 bridgehead atoms. The molecule has 4 heteroatoms. The third-order valence-corrected chi connectivity index (χ3v) is 4.49. The first-order valence-corrected chi connectivity index (χ1v) is 6.91. The van der Waals surface area contributed by atoms with Crippen LogP contribution in [0.1, 0.15) is 25.3 Å². The van der Waals surface area contributed by atoms with Gasteiger partial charge in [-0.3, -0.25) is 0 Å². The van der Waals surface area contributed by atoms with Crippen LogP contribution in [0.25, 0.3) is 0 Å². The molecule has 0 unspecified atom stereocenters. The van der Waals surface area contributed by atoms with Gasteiger partial charge in [-0.2, -0.15) is 0 Å². The van der Waals surface area contributed by atoms with E-state index in [0.717, 1.165) is 32.6 Å². The minimum Gasteiger partial charge on any atom is -0.381 e. The maximum absolute atomic E-state index is 5.38. The van der Waals surface area contributed by atoms with Crippen LogP contribution in [0.5, 0.6) is 0 Å². The second-order valence-corrected chi connectivity index (χ2v) is 6.58. The van der Waals surface area contributed by atoms with Crippen molar-refractivity contribution in [2.24, 2.45) is 0 Å². The Morgan fingerprint density at radius 1 is 1.53 bits per heavy atom. The van der Waals surface area contributed by atoms with Gasteiger partial charge in [0.1, 0.15) is 0 Å². The van der Waals surface area contributed by atoms with Crippen LogP contribution in [-0.2, 0) is 11.3 Å². The van der Waals surface area contributed by atoms with Crippen molar-refractivity contribution in [2.75, 3.05) is 13.2 Å². The highest BCUT2D eigenvalue weighted by molar-refractivity contribution is 9.11. The Morgan fingerprint density at radius 3 is 2.87 bits per heavy atom. The van der Waals surface area contributed by atoms with Gasteiger partial charge in [-0.05, 0) is 52.7 Å². The number of ether oxygens (including phenoxy) is 1. The average Bonchev–Trinajstić information content (AvgIpc) is 2.63. The smallest absolute Gasteiger partial charge is 0.0701 e. The number of halogens is 1. The summed E-state index contributed by atoms with van der Waals surface area (Å²) < 4.78 is 6.58. The number of nitrogens with one attached hydrogen (secondary N) is 1. The zero-order valence-corrected chi connectivity index (χ0v) is 11.3. The fraction of sp³-hybridized carbons (Fsp3) is 0.636. The lowest BCUT2D eigenvalue weighted by atomic mass is 9.92. The molecule has 0 atom stereocenters. The zero-order chi connectivity index (χ0) is 10.7. The second kappa shape index (κ2) is 4.95. The maximum atomic E-state index is 5.38. The molecule has 0 aromatic carbocycles. The van der Waals surface area contributed by atoms with Gasteiger partial charge in [-0.25, -0.2) is 0 Å². The highest BCUT2D eigenvalue weighted by Gasteiger charge is 2.26. The minimum atomic E-state index is 0.257. The number of rotatable bonds is 3. The van der Waals surface area contributed by atoms with Crippen LogP contribution in [0, 0.1) is 0 Å². The lowest BCUT2D eigenvalue weighted by Gasteiger charge is -2.34. The van der Waals surface area contributed by atoms with Crippen LogP contribution >= 0.6 is 27.3 Å². The van der Waals surface area contributed by atoms with Crippen LogP contribution in [0.3, 0.4) is 0 Å². The molecule has 0 aliphatic carbocycles. The first-order valence-electron chi connectivity index (χ1n) is 5.24. The molecule has 0 radical (unpaired) electrons. The van der Waals surface area contributed by atoms with Crippen molar-refractivity contribution in [3.8, 4) is 0 Å². The SMILES string of the molecule is CC1(NCc2csc(Br)c2)CCOCC1. The van der Waals surface area contributed by atoms with Crippen LogP contribution < -0.4 is 5.32 Å². The molecule has 1 saturated heterocycles. The Balaban J connectivity index is 1.86. The van der Waals surface area contributed by atoms with Crippen molar-refractivity contribution in [2.45, 2.75) is 31.8 Å². The van der Waals surface area contributed by atoms with E-state index >= 15 is 0 Å². The Labute approximate surface area is 103 Å². The van der Waals surface area contributed by atoms with Gasteiger partial charge in [0.15, 0.2) is 0 Å². The topological polar surface area (TPSA) is 21.3 Å². The quantitative estimate of drug-likeness (QED) is 0.923. The normalized spacial score (nSPS) is 20.4. The first-order chi connectivity index (χ1) is 7.18. The van der Waals surface area contributed by atoms with Crippen molar-refractivity contribution in [3.05, 3.63) is 20.8 Å². The van der Waals surface area contributed by atoms with E-state index in [4.69, 9.17) is 4.74 Å². The van der Waals surface area contributed by atoms with E-state index in [1.165, 1.54) is 9.35 Å². The molecule has 84 valence electrons. The van der Waals surface area contributed by atoms with Gasteiger partial charge >= 0.3 is 0 Å². The molecule has 0 spiro atoms. The molecule has 1 aliphatic heterocycles. The van der Waals surface area contributed by atoms with Crippen molar-refractivity contribution < 1.29 is 4.74 Å². The zero-order valence-electron chi connectivity index (χ0n) is 8.88. The van der Waals surface area contributed by atoms with Crippen LogP contribution in [0.2, 0.25) is 0 Å². The van der Waals surface area contributed by atoms with Gasteiger partial charge in [-0.1, -0.05) is 0 Å². The molecule has 1 N–H and O–H groups in total. The molecular formula is C11H16BrNOS. The van der Waals surface area contributed by atoms with Gasteiger partial charge in [0.05, 0.1) is 3.79 Å². The molecule has 2 nitrogen and oxygen atoms in total. The largest absolute Gasteiger partial charge is 0.381 e. The van der Waals surface area contributed by atoms with Crippen molar-refractivity contribution in [1.82, 2.24) is 5.32 Å². The summed E-state index contributed by atoms with van der Waals surface area (Å²) in [5.74, 6) is 0. The van der Waals surface area contributed by atoms with E-state index in [2.05, 4.69) is 39.6 Å². The molecule has 2 rings (SSSR count). The summed E-state index contributed by atoms with van der Waals surface area (Å²) in [6.45, 7) is 5.02. The standard InChI is InChI=1S/C11H16BrNOS/c1-11(2-4-14-5-3-11)13-7-9-6-10(12)15-8-9/h6,8,13H,2-5,7H2,1H3. The monoisotopic (exact) mass is 289 g/mol. The Kier molecular flexibility index (Phi) is 3.83. The lowest BCUT2D eigenvalue weighted by molar-refractivity contribution is 0.0446. The van der Waals surface area contributed by atoms with E-state index in [0.29, 0.717) is 0 Å². The summed E-state index contributed by atoms with van der Waals surface area (Å²) in [5, 5.41) is 5.83. The third-order valence-electron chi connectivity index (χ3n) is 2.94. The summed E-state index contributed by atoms with van der Waals surface area (Å²) in [6.07, 6.45) is 2.22. The number of hydrogen-bond donors (Lipinski definition) is 1. The highest BCUT2D eigenvalue weighted by atomic mass is 79.9. The van der Waals surface area contributed by atoms with E-state index < -0.39 is 0 Å². The second-order valence-electron chi connectivity index (χ2n) is 4.29. The molecule has 1 aromatic heterocycles. The predicted octanol–water partition coefficient (Wildman–Crippen LogP) is 3.17. The van der Waals surface area contributed by atoms with E-state index in [-0.39, 0.29) is 5.54 Å². The van der Waals surface area contributed by atoms with Gasteiger partial charge in [0.2, 0.25) is 0 Å². The van der Waals surface area contributed by atoms with Gasteiger partial charge < -0.3 is 10.1 Å². The predicted molar refractivity (Wildman–Crippen MR) is 67.3 cm³/mol. The Bertz CT molecular complexity index is 320. The van der Waals surface area contributed by atoms with Gasteiger partial charge in [-0.15, -0.1) is 11.3 Å². The molecule has 1 fully saturated rings. The molecule has 0 amide bonds. The van der Waals surface area contributed by atoms with Crippen LogP contribution in [-0.4, -0.2) is 18.8 Å². The van der Waals surface area contributed by atoms with Crippen LogP contribution in [0.15, 0.2) is 15.2 Å². The maximum Gasteiger partial charge on any atom is 0.0701 e. The minimum absolute atomic E-state index is 0.257. The van der Waals surface area contributed by atoms with Gasteiger partial charge in [0.25, 0.3) is 0 Å². The summed E-state index contributed by atoms with van der Waals surface area (Å²) >= 11 is 5.22. The van der Waals surface area contributed by atoms with Crippen molar-refractivity contribution in [3.63, 3.8) is 0 Å².